The van der Waals surface area contributed by atoms with E-state index in [1.165, 1.54) is 11.3 Å². The van der Waals surface area contributed by atoms with Crippen LogP contribution >= 0.6 is 22.9 Å². The zero-order valence-electron chi connectivity index (χ0n) is 30.0. The van der Waals surface area contributed by atoms with Crippen molar-refractivity contribution in [3.05, 3.63) is 64.7 Å². The van der Waals surface area contributed by atoms with Crippen LogP contribution in [-0.4, -0.2) is 74.2 Å². The van der Waals surface area contributed by atoms with Crippen molar-refractivity contribution >= 4 is 61.9 Å². The molecule has 0 spiro atoms. The molecule has 50 heavy (non-hydrogen) atoms. The average molecular weight is 718 g/mol. The van der Waals surface area contributed by atoms with E-state index in [0.29, 0.717) is 17.1 Å². The van der Waals surface area contributed by atoms with E-state index >= 15 is 0 Å². The van der Waals surface area contributed by atoms with Gasteiger partial charge >= 0.3 is 12.1 Å². The van der Waals surface area contributed by atoms with E-state index in [-0.39, 0.29) is 12.1 Å². The summed E-state index contributed by atoms with van der Waals surface area (Å²) in [6.45, 7) is 14.5. The van der Waals surface area contributed by atoms with Crippen LogP contribution < -0.4 is 4.90 Å². The molecule has 1 amide bonds. The number of aromatic nitrogens is 3. The molecule has 1 N–H and O–H groups in total. The number of aliphatic carboxylic acids is 1. The smallest absolute Gasteiger partial charge is 0.410 e. The van der Waals surface area contributed by atoms with Crippen LogP contribution in [0.25, 0.3) is 42.8 Å². The first kappa shape index (κ1) is 35.6. The zero-order valence-corrected chi connectivity index (χ0v) is 31.6. The van der Waals surface area contributed by atoms with Gasteiger partial charge in [0.05, 0.1) is 27.4 Å². The van der Waals surface area contributed by atoms with Crippen LogP contribution in [0.3, 0.4) is 0 Å². The molecule has 0 bridgehead atoms. The average Bonchev–Trinajstić information content (AvgIpc) is 3.75. The minimum atomic E-state index is -1.19. The van der Waals surface area contributed by atoms with Gasteiger partial charge in [0.15, 0.2) is 11.9 Å². The third-order valence-electron chi connectivity index (χ3n) is 8.79. The predicted molar refractivity (Wildman–Crippen MR) is 200 cm³/mol. The summed E-state index contributed by atoms with van der Waals surface area (Å²) in [6, 6.07) is 15.6. The largest absolute Gasteiger partial charge is 0.479 e. The van der Waals surface area contributed by atoms with Gasteiger partial charge in [-0.05, 0) is 102 Å². The highest BCUT2D eigenvalue weighted by Gasteiger charge is 2.34. The Kier molecular flexibility index (Phi) is 9.38. The third-order valence-corrected chi connectivity index (χ3v) is 10.2. The number of carboxylic acid groups (broad SMARTS) is 1. The summed E-state index contributed by atoms with van der Waals surface area (Å²) in [5, 5.41) is 17.7. The number of fused-ring (bicyclic) bond motifs is 2. The number of carboxylic acids is 1. The molecule has 10 nitrogen and oxygen atoms in total. The number of hydrogen-bond donors (Lipinski definition) is 1. The molecule has 3 aromatic carbocycles. The van der Waals surface area contributed by atoms with E-state index in [4.69, 9.17) is 31.2 Å². The van der Waals surface area contributed by atoms with E-state index in [1.54, 1.807) is 11.9 Å². The molecule has 1 fully saturated rings. The number of halogens is 1. The summed E-state index contributed by atoms with van der Waals surface area (Å²) in [4.78, 5) is 34.6. The lowest BCUT2D eigenvalue weighted by Gasteiger charge is -2.28. The molecule has 12 heteroatoms. The van der Waals surface area contributed by atoms with Crippen molar-refractivity contribution < 1.29 is 24.2 Å². The van der Waals surface area contributed by atoms with Crippen LogP contribution in [0.1, 0.15) is 65.2 Å². The molecule has 1 aliphatic heterocycles. The van der Waals surface area contributed by atoms with Crippen LogP contribution in [0.5, 0.6) is 0 Å². The quantitative estimate of drug-likeness (QED) is 0.178. The molecule has 0 aliphatic carbocycles. The number of carbonyl (C=O) groups excluding carboxylic acids is 1. The van der Waals surface area contributed by atoms with E-state index in [1.807, 2.05) is 96.6 Å². The molecule has 0 saturated carbocycles. The van der Waals surface area contributed by atoms with Gasteiger partial charge in [0, 0.05) is 54.3 Å². The highest BCUT2D eigenvalue weighted by Crippen LogP contribution is 2.45. The second-order valence-electron chi connectivity index (χ2n) is 15.0. The first-order valence-electron chi connectivity index (χ1n) is 16.7. The molecule has 264 valence electrons. The summed E-state index contributed by atoms with van der Waals surface area (Å²) in [7, 11) is 3.73. The maximum absolute atomic E-state index is 12.8. The van der Waals surface area contributed by atoms with Gasteiger partial charge in [-0.3, -0.25) is 4.68 Å². The van der Waals surface area contributed by atoms with E-state index < -0.39 is 23.3 Å². The SMILES string of the molecule is Cc1cc2nc(-c3ccc4c(c3)c(N3CC[C@@H](N(C)C(=O)OC(C)(C)C)C3)nn4C)sc2c(-c2ccc(Cl)cc2)c1C(OC(C)(C)C)C(=O)O. The molecule has 2 atom stereocenters. The van der Waals surface area contributed by atoms with Crippen LogP contribution in [0.15, 0.2) is 48.5 Å². The number of benzene rings is 3. The second kappa shape index (κ2) is 13.2. The Bertz CT molecular complexity index is 2090. The minimum absolute atomic E-state index is 0.00466. The summed E-state index contributed by atoms with van der Waals surface area (Å²) < 4.78 is 14.5. The molecule has 5 aromatic rings. The number of carbonyl (C=O) groups is 2. The van der Waals surface area contributed by atoms with Crippen molar-refractivity contribution in [2.75, 3.05) is 25.0 Å². The van der Waals surface area contributed by atoms with Gasteiger partial charge in [0.2, 0.25) is 0 Å². The summed E-state index contributed by atoms with van der Waals surface area (Å²) >= 11 is 7.80. The lowest BCUT2D eigenvalue weighted by molar-refractivity contribution is -0.160. The Morgan fingerprint density at radius 3 is 2.36 bits per heavy atom. The molecular formula is C38H44ClN5O5S. The molecule has 6 rings (SSSR count). The van der Waals surface area contributed by atoms with Crippen molar-refractivity contribution in [2.24, 2.45) is 7.05 Å². The standard InChI is InChI=1S/C38H44ClN5O5S/c1-21-18-27-32(30(22-10-13-24(39)14-11-22)29(21)31(35(45)46)48-37(2,3)4)50-34(40-27)23-12-15-28-26(19-23)33(41-43(28)9)44-17-16-25(20-44)42(8)36(47)49-38(5,6)7/h10-15,18-19,25,31H,16-17,20H2,1-9H3,(H,45,46)/t25-,31?/m1/s1. The highest BCUT2D eigenvalue weighted by molar-refractivity contribution is 7.22. The number of amides is 1. The fourth-order valence-electron chi connectivity index (χ4n) is 6.51. The Labute approximate surface area is 301 Å². The molecule has 3 heterocycles. The second-order valence-corrected chi connectivity index (χ2v) is 16.4. The molecule has 0 radical (unpaired) electrons. The summed E-state index contributed by atoms with van der Waals surface area (Å²) in [5.41, 5.74) is 4.41. The first-order valence-corrected chi connectivity index (χ1v) is 17.9. The lowest BCUT2D eigenvalue weighted by atomic mass is 9.91. The molecule has 2 aromatic heterocycles. The molecule has 1 saturated heterocycles. The lowest BCUT2D eigenvalue weighted by Crippen LogP contribution is -2.42. The van der Waals surface area contributed by atoms with Crippen LogP contribution in [0.4, 0.5) is 10.6 Å². The maximum Gasteiger partial charge on any atom is 0.410 e. The minimum Gasteiger partial charge on any atom is -0.479 e. The van der Waals surface area contributed by atoms with Crippen LogP contribution in [0.2, 0.25) is 5.02 Å². The topological polar surface area (TPSA) is 110 Å². The molecule has 1 unspecified atom stereocenters. The van der Waals surface area contributed by atoms with E-state index in [9.17, 15) is 14.7 Å². The van der Waals surface area contributed by atoms with Crippen LogP contribution in [-0.2, 0) is 21.3 Å². The van der Waals surface area contributed by atoms with E-state index in [0.717, 1.165) is 67.2 Å². The fourth-order valence-corrected chi connectivity index (χ4v) is 7.76. The number of likely N-dealkylation sites (N-methyl/N-ethyl adjacent to an activating group) is 1. The Morgan fingerprint density at radius 2 is 1.72 bits per heavy atom. The number of aryl methyl sites for hydroxylation is 2. The number of rotatable bonds is 7. The Hall–Kier alpha value is -4.19. The normalized spacial score (nSPS) is 16.0. The number of thiazole rings is 1. The zero-order chi connectivity index (χ0) is 36.3. The van der Waals surface area contributed by atoms with Crippen molar-refractivity contribution in [1.29, 1.82) is 0 Å². The van der Waals surface area contributed by atoms with Gasteiger partial charge in [-0.1, -0.05) is 23.7 Å². The monoisotopic (exact) mass is 717 g/mol. The highest BCUT2D eigenvalue weighted by atomic mass is 35.5. The molecular weight excluding hydrogens is 674 g/mol. The number of hydrogen-bond acceptors (Lipinski definition) is 8. The Balaban J connectivity index is 1.42. The maximum atomic E-state index is 12.8. The van der Waals surface area contributed by atoms with Gasteiger partial charge in [-0.2, -0.15) is 5.10 Å². The summed E-state index contributed by atoms with van der Waals surface area (Å²) in [5.74, 6) is -0.201. The van der Waals surface area contributed by atoms with Crippen molar-refractivity contribution in [2.45, 2.75) is 78.2 Å². The third kappa shape index (κ3) is 7.17. The molecule has 1 aliphatic rings. The number of nitrogens with zero attached hydrogens (tertiary/aromatic N) is 5. The fraction of sp³-hybridized carbons (Fsp3) is 0.421. The van der Waals surface area contributed by atoms with Gasteiger partial charge in [0.25, 0.3) is 0 Å². The number of anilines is 1. The summed E-state index contributed by atoms with van der Waals surface area (Å²) in [6.07, 6.45) is -0.718. The Morgan fingerprint density at radius 1 is 1.04 bits per heavy atom. The van der Waals surface area contributed by atoms with E-state index in [2.05, 4.69) is 17.0 Å². The van der Waals surface area contributed by atoms with Crippen molar-refractivity contribution in [3.63, 3.8) is 0 Å². The van der Waals surface area contributed by atoms with Crippen molar-refractivity contribution in [3.8, 4) is 21.7 Å². The van der Waals surface area contributed by atoms with Gasteiger partial charge in [0.1, 0.15) is 10.6 Å². The van der Waals surface area contributed by atoms with Gasteiger partial charge in [-0.15, -0.1) is 11.3 Å². The van der Waals surface area contributed by atoms with Crippen LogP contribution in [0, 0.1) is 6.92 Å². The van der Waals surface area contributed by atoms with Gasteiger partial charge in [-0.25, -0.2) is 14.6 Å². The predicted octanol–water partition coefficient (Wildman–Crippen LogP) is 8.87. The van der Waals surface area contributed by atoms with Crippen molar-refractivity contribution in [1.82, 2.24) is 19.7 Å². The number of ether oxygens (including phenoxy) is 2. The first-order chi connectivity index (χ1) is 23.4. The van der Waals surface area contributed by atoms with Gasteiger partial charge < -0.3 is 24.4 Å².